The van der Waals surface area contributed by atoms with E-state index in [9.17, 15) is 18.3 Å². The number of sulfonamides is 1. The van der Waals surface area contributed by atoms with Gasteiger partial charge >= 0.3 is 0 Å². The molecule has 0 spiro atoms. The Kier molecular flexibility index (Phi) is 4.38. The Morgan fingerprint density at radius 1 is 1.25 bits per heavy atom. The van der Waals surface area contributed by atoms with Crippen LogP contribution >= 0.6 is 11.6 Å². The summed E-state index contributed by atoms with van der Waals surface area (Å²) in [6.07, 6.45) is -0.479. The predicted molar refractivity (Wildman–Crippen MR) is 92.0 cm³/mol. The van der Waals surface area contributed by atoms with Crippen molar-refractivity contribution in [1.29, 1.82) is 0 Å². The quantitative estimate of drug-likeness (QED) is 0.848. The number of rotatable bonds is 3. The van der Waals surface area contributed by atoms with Crippen LogP contribution in [0, 0.1) is 0 Å². The number of aliphatic hydroxyl groups excluding tert-OH is 1. The Labute approximate surface area is 145 Å². The maximum absolute atomic E-state index is 13.0. The molecule has 7 heteroatoms. The molecule has 0 radical (unpaired) electrons. The van der Waals surface area contributed by atoms with Gasteiger partial charge in [-0.3, -0.25) is 9.10 Å². The summed E-state index contributed by atoms with van der Waals surface area (Å²) in [5.41, 5.74) is 1.23. The fraction of sp³-hybridized carbons (Fsp3) is 0.235. The molecule has 1 N–H and O–H groups in total. The zero-order chi connectivity index (χ0) is 17.5. The molecule has 0 bridgehead atoms. The maximum atomic E-state index is 13.0. The van der Waals surface area contributed by atoms with Crippen molar-refractivity contribution in [2.45, 2.75) is 24.3 Å². The second-order valence-electron chi connectivity index (χ2n) is 5.67. The van der Waals surface area contributed by atoms with E-state index in [1.54, 1.807) is 30.3 Å². The third-order valence-electron chi connectivity index (χ3n) is 4.05. The van der Waals surface area contributed by atoms with E-state index in [1.807, 2.05) is 0 Å². The van der Waals surface area contributed by atoms with Gasteiger partial charge in [-0.25, -0.2) is 8.42 Å². The predicted octanol–water partition coefficient (Wildman–Crippen LogP) is 3.18. The summed E-state index contributed by atoms with van der Waals surface area (Å²) in [6.45, 7) is 1.54. The van der Waals surface area contributed by atoms with Crippen LogP contribution in [0.15, 0.2) is 47.4 Å². The van der Waals surface area contributed by atoms with Crippen LogP contribution in [0.3, 0.4) is 0 Å². The first kappa shape index (κ1) is 17.0. The van der Waals surface area contributed by atoms with E-state index in [0.717, 1.165) is 0 Å². The number of carbonyl (C=O) groups is 1. The zero-order valence-electron chi connectivity index (χ0n) is 12.9. The second kappa shape index (κ2) is 6.20. The lowest BCUT2D eigenvalue weighted by molar-refractivity contribution is 0.101. The van der Waals surface area contributed by atoms with Gasteiger partial charge < -0.3 is 5.11 Å². The molecule has 2 aromatic rings. The number of hydrogen-bond acceptors (Lipinski definition) is 4. The van der Waals surface area contributed by atoms with Gasteiger partial charge in [-0.05, 0) is 43.7 Å². The largest absolute Gasteiger partial charge is 0.388 e. The molecule has 1 unspecified atom stereocenters. The van der Waals surface area contributed by atoms with Crippen molar-refractivity contribution in [2.75, 3.05) is 10.8 Å². The summed E-state index contributed by atoms with van der Waals surface area (Å²) in [5, 5.41) is 10.6. The molecule has 1 heterocycles. The highest BCUT2D eigenvalue weighted by atomic mass is 35.5. The summed E-state index contributed by atoms with van der Waals surface area (Å²) in [4.78, 5) is 11.6. The minimum absolute atomic E-state index is 0.0486. The van der Waals surface area contributed by atoms with Crippen LogP contribution in [-0.2, 0) is 10.0 Å². The number of Topliss-reactive ketones (excluding diaryl/α,β-unsaturated/α-hetero) is 1. The normalized spacial score (nSPS) is 17.5. The molecule has 1 aliphatic heterocycles. The number of benzene rings is 2. The average Bonchev–Trinajstić information content (AvgIpc) is 2.55. The SMILES string of the molecule is CC(=O)c1cccc(S(=O)(=O)N2CCC(O)c3cc(Cl)ccc32)c1. The number of aliphatic hydroxyl groups is 1. The summed E-state index contributed by atoms with van der Waals surface area (Å²) in [5.74, 6) is -0.201. The van der Waals surface area contributed by atoms with E-state index in [-0.39, 0.29) is 23.6 Å². The summed E-state index contributed by atoms with van der Waals surface area (Å²) in [7, 11) is -3.84. The van der Waals surface area contributed by atoms with Gasteiger partial charge in [-0.1, -0.05) is 23.7 Å². The van der Waals surface area contributed by atoms with Crippen molar-refractivity contribution < 1.29 is 18.3 Å². The first-order valence-electron chi connectivity index (χ1n) is 7.42. The van der Waals surface area contributed by atoms with E-state index in [0.29, 0.717) is 21.8 Å². The van der Waals surface area contributed by atoms with Crippen LogP contribution in [0.1, 0.15) is 35.4 Å². The van der Waals surface area contributed by atoms with Crippen molar-refractivity contribution in [3.05, 3.63) is 58.6 Å². The highest BCUT2D eigenvalue weighted by Crippen LogP contribution is 2.38. The van der Waals surface area contributed by atoms with Crippen LogP contribution in [0.25, 0.3) is 0 Å². The van der Waals surface area contributed by atoms with Crippen molar-refractivity contribution in [2.24, 2.45) is 0 Å². The molecule has 0 amide bonds. The summed E-state index contributed by atoms with van der Waals surface area (Å²) >= 11 is 5.96. The first-order chi connectivity index (χ1) is 11.3. The smallest absolute Gasteiger partial charge is 0.264 e. The molecule has 0 saturated carbocycles. The molecule has 2 aromatic carbocycles. The van der Waals surface area contributed by atoms with E-state index in [2.05, 4.69) is 0 Å². The number of carbonyl (C=O) groups excluding carboxylic acids is 1. The molecule has 1 atom stereocenters. The highest BCUT2D eigenvalue weighted by Gasteiger charge is 2.32. The van der Waals surface area contributed by atoms with Crippen LogP contribution in [0.5, 0.6) is 0 Å². The van der Waals surface area contributed by atoms with E-state index >= 15 is 0 Å². The van der Waals surface area contributed by atoms with E-state index in [4.69, 9.17) is 11.6 Å². The summed E-state index contributed by atoms with van der Waals surface area (Å²) < 4.78 is 27.3. The average molecular weight is 366 g/mol. The van der Waals surface area contributed by atoms with Gasteiger partial charge in [0, 0.05) is 22.7 Å². The van der Waals surface area contributed by atoms with Crippen LogP contribution in [-0.4, -0.2) is 25.9 Å². The monoisotopic (exact) mass is 365 g/mol. The maximum Gasteiger partial charge on any atom is 0.264 e. The molecular formula is C17H16ClNO4S. The van der Waals surface area contributed by atoms with Gasteiger partial charge in [0.15, 0.2) is 5.78 Å². The van der Waals surface area contributed by atoms with Crippen LogP contribution in [0.4, 0.5) is 5.69 Å². The van der Waals surface area contributed by atoms with Gasteiger partial charge in [0.25, 0.3) is 10.0 Å². The van der Waals surface area contributed by atoms with Gasteiger partial charge in [0.1, 0.15) is 0 Å². The van der Waals surface area contributed by atoms with Gasteiger partial charge in [-0.15, -0.1) is 0 Å². The number of fused-ring (bicyclic) bond motifs is 1. The molecule has 0 saturated heterocycles. The molecule has 5 nitrogen and oxygen atoms in total. The van der Waals surface area contributed by atoms with Crippen LogP contribution in [0.2, 0.25) is 5.02 Å². The third-order valence-corrected chi connectivity index (χ3v) is 6.10. The lowest BCUT2D eigenvalue weighted by Crippen LogP contribution is -2.36. The Hall–Kier alpha value is -1.89. The minimum atomic E-state index is -3.84. The van der Waals surface area contributed by atoms with Crippen molar-refractivity contribution in [1.82, 2.24) is 0 Å². The Bertz CT molecular complexity index is 911. The van der Waals surface area contributed by atoms with Gasteiger partial charge in [0.2, 0.25) is 0 Å². The number of anilines is 1. The van der Waals surface area contributed by atoms with E-state index in [1.165, 1.54) is 23.4 Å². The van der Waals surface area contributed by atoms with Crippen molar-refractivity contribution in [3.63, 3.8) is 0 Å². The van der Waals surface area contributed by atoms with Gasteiger partial charge in [-0.2, -0.15) is 0 Å². The fourth-order valence-electron chi connectivity index (χ4n) is 2.79. The number of hydrogen-bond donors (Lipinski definition) is 1. The van der Waals surface area contributed by atoms with Crippen molar-refractivity contribution in [3.8, 4) is 0 Å². The standard InChI is InChI=1S/C17H16ClNO4S/c1-11(20)12-3-2-4-14(9-12)24(22,23)19-8-7-17(21)15-10-13(18)5-6-16(15)19/h2-6,9-10,17,21H,7-8H2,1H3. The Balaban J connectivity index is 2.10. The number of ketones is 1. The van der Waals surface area contributed by atoms with Crippen LogP contribution < -0.4 is 4.31 Å². The van der Waals surface area contributed by atoms with E-state index < -0.39 is 16.1 Å². The lowest BCUT2D eigenvalue weighted by atomic mass is 10.0. The Morgan fingerprint density at radius 2 is 2.00 bits per heavy atom. The van der Waals surface area contributed by atoms with Gasteiger partial charge in [0.05, 0.1) is 16.7 Å². The highest BCUT2D eigenvalue weighted by molar-refractivity contribution is 7.92. The first-order valence-corrected chi connectivity index (χ1v) is 9.24. The molecule has 24 heavy (non-hydrogen) atoms. The minimum Gasteiger partial charge on any atom is -0.388 e. The molecule has 0 fully saturated rings. The number of nitrogens with zero attached hydrogens (tertiary/aromatic N) is 1. The fourth-order valence-corrected chi connectivity index (χ4v) is 4.52. The molecule has 0 aliphatic carbocycles. The summed E-state index contributed by atoms with van der Waals surface area (Å²) in [6, 6.07) is 10.7. The molecule has 126 valence electrons. The lowest BCUT2D eigenvalue weighted by Gasteiger charge is -2.33. The third kappa shape index (κ3) is 2.92. The second-order valence-corrected chi connectivity index (χ2v) is 7.97. The molecule has 0 aromatic heterocycles. The molecule has 1 aliphatic rings. The Morgan fingerprint density at radius 3 is 2.71 bits per heavy atom. The zero-order valence-corrected chi connectivity index (χ0v) is 14.5. The molecular weight excluding hydrogens is 350 g/mol. The number of halogens is 1. The van der Waals surface area contributed by atoms with Crippen molar-refractivity contribution >= 4 is 33.1 Å². The molecule has 3 rings (SSSR count). The topological polar surface area (TPSA) is 74.7 Å².